The Morgan fingerprint density at radius 3 is 2.68 bits per heavy atom. The number of benzene rings is 1. The minimum absolute atomic E-state index is 0.0266. The Morgan fingerprint density at radius 1 is 1.18 bits per heavy atom. The number of nitrogens with zero attached hydrogens (tertiary/aromatic N) is 4. The lowest BCUT2D eigenvalue weighted by molar-refractivity contribution is -0.125. The molecule has 1 fully saturated rings. The minimum atomic E-state index is 0.0266. The number of hydrogen-bond donors (Lipinski definition) is 1. The van der Waals surface area contributed by atoms with Crippen molar-refractivity contribution in [2.75, 3.05) is 31.6 Å². The van der Waals surface area contributed by atoms with Crippen molar-refractivity contribution in [1.82, 2.24) is 19.9 Å². The number of ether oxygens (including phenoxy) is 1. The summed E-state index contributed by atoms with van der Waals surface area (Å²) in [5, 5.41) is 7.92. The van der Waals surface area contributed by atoms with E-state index in [0.717, 1.165) is 65.9 Å². The van der Waals surface area contributed by atoms with E-state index in [1.165, 1.54) is 0 Å². The van der Waals surface area contributed by atoms with E-state index in [9.17, 15) is 4.79 Å². The molecular weight excluding hydrogens is 430 g/mol. The maximum atomic E-state index is 12.6. The van der Waals surface area contributed by atoms with Crippen LogP contribution in [0, 0.1) is 12.8 Å². The van der Waals surface area contributed by atoms with Gasteiger partial charge < -0.3 is 19.4 Å². The predicted octanol–water partition coefficient (Wildman–Crippen LogP) is 3.88. The Hall–Kier alpha value is -3.81. The molecule has 3 aromatic heterocycles. The molecule has 0 bridgehead atoms. The number of carbonyl (C=O) groups excluding carboxylic acids is 1. The van der Waals surface area contributed by atoms with Crippen LogP contribution in [0.5, 0.6) is 5.75 Å². The molecule has 1 aromatic carbocycles. The first-order valence-electron chi connectivity index (χ1n) is 11.7. The molecule has 4 aromatic rings. The lowest BCUT2D eigenvalue weighted by Gasteiger charge is -2.33. The SMILES string of the molecule is COc1ccc(-c2cc3nc(C)cc(N4CCC(C(=O)NCCc5ccco5)CC4)n3n2)cc1. The molecule has 8 heteroatoms. The van der Waals surface area contributed by atoms with Crippen molar-refractivity contribution in [2.45, 2.75) is 26.2 Å². The molecule has 0 aliphatic carbocycles. The predicted molar refractivity (Wildman–Crippen MR) is 130 cm³/mol. The number of nitrogens with one attached hydrogen (secondary N) is 1. The van der Waals surface area contributed by atoms with E-state index in [-0.39, 0.29) is 11.8 Å². The highest BCUT2D eigenvalue weighted by Crippen LogP contribution is 2.28. The fourth-order valence-electron chi connectivity index (χ4n) is 4.49. The number of aromatic nitrogens is 3. The Labute approximate surface area is 198 Å². The van der Waals surface area contributed by atoms with E-state index in [1.807, 2.05) is 53.9 Å². The molecule has 1 saturated heterocycles. The number of furan rings is 1. The van der Waals surface area contributed by atoms with Gasteiger partial charge in [-0.25, -0.2) is 4.98 Å². The van der Waals surface area contributed by atoms with Crippen LogP contribution in [0.15, 0.2) is 59.2 Å². The van der Waals surface area contributed by atoms with E-state index in [2.05, 4.69) is 21.3 Å². The average molecular weight is 460 g/mol. The van der Waals surface area contributed by atoms with Crippen LogP contribution >= 0.6 is 0 Å². The molecule has 34 heavy (non-hydrogen) atoms. The fourth-order valence-corrected chi connectivity index (χ4v) is 4.49. The third kappa shape index (κ3) is 4.62. The summed E-state index contributed by atoms with van der Waals surface area (Å²) < 4.78 is 12.5. The summed E-state index contributed by atoms with van der Waals surface area (Å²) in [6.07, 6.45) is 3.98. The average Bonchev–Trinajstić information content (AvgIpc) is 3.54. The van der Waals surface area contributed by atoms with Gasteiger partial charge in [-0.15, -0.1) is 0 Å². The van der Waals surface area contributed by atoms with Crippen LogP contribution in [0.2, 0.25) is 0 Å². The molecule has 8 nitrogen and oxygen atoms in total. The van der Waals surface area contributed by atoms with Crippen LogP contribution in [0.4, 0.5) is 5.82 Å². The Kier molecular flexibility index (Phi) is 6.20. The van der Waals surface area contributed by atoms with Crippen molar-refractivity contribution >= 4 is 17.4 Å². The van der Waals surface area contributed by atoms with Gasteiger partial charge in [0.05, 0.1) is 19.1 Å². The van der Waals surface area contributed by atoms with E-state index < -0.39 is 0 Å². The second-order valence-corrected chi connectivity index (χ2v) is 8.67. The summed E-state index contributed by atoms with van der Waals surface area (Å²) in [4.78, 5) is 19.6. The van der Waals surface area contributed by atoms with Gasteiger partial charge in [0.1, 0.15) is 17.3 Å². The molecule has 4 heterocycles. The molecule has 1 aliphatic heterocycles. The van der Waals surface area contributed by atoms with Gasteiger partial charge in [0.25, 0.3) is 0 Å². The standard InChI is InChI=1S/C26H29N5O3/c1-18-16-25(31-24(28-18)17-23(29-31)19-5-7-21(33-2)8-6-19)30-13-10-20(11-14-30)26(32)27-12-9-22-4-3-15-34-22/h3-8,15-17,20H,9-14H2,1-2H3,(H,27,32). The Balaban J connectivity index is 1.27. The van der Waals surface area contributed by atoms with Gasteiger partial charge in [0.2, 0.25) is 5.91 Å². The third-order valence-electron chi connectivity index (χ3n) is 6.36. The Morgan fingerprint density at radius 2 is 1.97 bits per heavy atom. The quantitative estimate of drug-likeness (QED) is 0.452. The molecule has 0 saturated carbocycles. The first-order valence-corrected chi connectivity index (χ1v) is 11.7. The normalized spacial score (nSPS) is 14.5. The van der Waals surface area contributed by atoms with E-state index in [0.29, 0.717) is 13.0 Å². The van der Waals surface area contributed by atoms with E-state index in [1.54, 1.807) is 13.4 Å². The lowest BCUT2D eigenvalue weighted by Crippen LogP contribution is -2.41. The number of piperidine rings is 1. The van der Waals surface area contributed by atoms with Gasteiger partial charge in [0, 0.05) is 55.4 Å². The van der Waals surface area contributed by atoms with Crippen molar-refractivity contribution in [1.29, 1.82) is 0 Å². The first-order chi connectivity index (χ1) is 16.6. The van der Waals surface area contributed by atoms with Crippen molar-refractivity contribution in [3.05, 3.63) is 66.2 Å². The molecular formula is C26H29N5O3. The first kappa shape index (κ1) is 22.0. The van der Waals surface area contributed by atoms with Gasteiger partial charge >= 0.3 is 0 Å². The lowest BCUT2D eigenvalue weighted by atomic mass is 9.96. The Bertz CT molecular complexity index is 1260. The maximum Gasteiger partial charge on any atom is 0.223 e. The van der Waals surface area contributed by atoms with Crippen molar-refractivity contribution in [2.24, 2.45) is 5.92 Å². The number of carbonyl (C=O) groups is 1. The highest BCUT2D eigenvalue weighted by molar-refractivity contribution is 5.79. The largest absolute Gasteiger partial charge is 0.497 e. The smallest absolute Gasteiger partial charge is 0.223 e. The molecule has 1 amide bonds. The number of fused-ring (bicyclic) bond motifs is 1. The van der Waals surface area contributed by atoms with Crippen molar-refractivity contribution in [3.63, 3.8) is 0 Å². The molecule has 0 unspecified atom stereocenters. The minimum Gasteiger partial charge on any atom is -0.497 e. The zero-order valence-electron chi connectivity index (χ0n) is 19.5. The van der Waals surface area contributed by atoms with Crippen LogP contribution in [0.1, 0.15) is 24.3 Å². The molecule has 1 N–H and O–H groups in total. The van der Waals surface area contributed by atoms with Gasteiger partial charge in [-0.3, -0.25) is 4.79 Å². The fraction of sp³-hybridized carbons (Fsp3) is 0.346. The topological polar surface area (TPSA) is 84.9 Å². The highest BCUT2D eigenvalue weighted by atomic mass is 16.5. The zero-order valence-corrected chi connectivity index (χ0v) is 19.5. The van der Waals surface area contributed by atoms with Gasteiger partial charge in [-0.05, 0) is 56.2 Å². The number of amides is 1. The molecule has 0 radical (unpaired) electrons. The second-order valence-electron chi connectivity index (χ2n) is 8.67. The van der Waals surface area contributed by atoms with Crippen molar-refractivity contribution in [3.8, 4) is 17.0 Å². The molecule has 0 spiro atoms. The highest BCUT2D eigenvalue weighted by Gasteiger charge is 2.26. The maximum absolute atomic E-state index is 12.6. The monoisotopic (exact) mass is 459 g/mol. The van der Waals surface area contributed by atoms with Crippen molar-refractivity contribution < 1.29 is 13.9 Å². The molecule has 1 aliphatic rings. The van der Waals surface area contributed by atoms with E-state index in [4.69, 9.17) is 14.3 Å². The molecule has 0 atom stereocenters. The summed E-state index contributed by atoms with van der Waals surface area (Å²) in [5.74, 6) is 2.87. The van der Waals surface area contributed by atoms with Crippen LogP contribution in [0.3, 0.4) is 0 Å². The number of rotatable bonds is 7. The van der Waals surface area contributed by atoms with Crippen LogP contribution in [-0.4, -0.2) is 47.2 Å². The van der Waals surface area contributed by atoms with Gasteiger partial charge in [-0.2, -0.15) is 9.61 Å². The van der Waals surface area contributed by atoms with Crippen LogP contribution in [0.25, 0.3) is 16.9 Å². The summed E-state index contributed by atoms with van der Waals surface area (Å²) in [7, 11) is 1.66. The number of aryl methyl sites for hydroxylation is 1. The second kappa shape index (κ2) is 9.59. The number of anilines is 1. The summed E-state index contributed by atoms with van der Waals surface area (Å²) in [6, 6.07) is 15.7. The summed E-state index contributed by atoms with van der Waals surface area (Å²) in [5.41, 5.74) is 3.65. The number of hydrogen-bond acceptors (Lipinski definition) is 6. The number of methoxy groups -OCH3 is 1. The van der Waals surface area contributed by atoms with Crippen LogP contribution in [-0.2, 0) is 11.2 Å². The zero-order chi connectivity index (χ0) is 23.5. The summed E-state index contributed by atoms with van der Waals surface area (Å²) in [6.45, 7) is 4.19. The summed E-state index contributed by atoms with van der Waals surface area (Å²) >= 11 is 0. The van der Waals surface area contributed by atoms with Gasteiger partial charge in [-0.1, -0.05) is 0 Å². The van der Waals surface area contributed by atoms with Crippen LogP contribution < -0.4 is 15.0 Å². The molecule has 5 rings (SSSR count). The third-order valence-corrected chi connectivity index (χ3v) is 6.36. The molecule has 176 valence electrons. The van der Waals surface area contributed by atoms with E-state index >= 15 is 0 Å². The van der Waals surface area contributed by atoms with Gasteiger partial charge in [0.15, 0.2) is 5.65 Å².